The molecule has 0 aliphatic carbocycles. The van der Waals surface area contributed by atoms with E-state index in [1.165, 1.54) is 5.69 Å². The molecule has 0 bridgehead atoms. The highest BCUT2D eigenvalue weighted by Crippen LogP contribution is 2.21. The van der Waals surface area contributed by atoms with E-state index >= 15 is 0 Å². The van der Waals surface area contributed by atoms with Crippen molar-refractivity contribution in [3.63, 3.8) is 0 Å². The number of thiophene rings is 1. The topological polar surface area (TPSA) is 41.6 Å². The molecule has 1 aromatic heterocycles. The van der Waals surface area contributed by atoms with E-state index in [1.807, 2.05) is 35.7 Å². The number of morpholine rings is 1. The Labute approximate surface area is 140 Å². The lowest BCUT2D eigenvalue weighted by atomic mass is 10.1. The van der Waals surface area contributed by atoms with Gasteiger partial charge in [-0.15, -0.1) is 11.3 Å². The van der Waals surface area contributed by atoms with Crippen LogP contribution in [0.4, 0.5) is 5.69 Å². The highest BCUT2D eigenvalue weighted by molar-refractivity contribution is 7.10. The molecule has 0 unspecified atom stereocenters. The molecule has 1 fully saturated rings. The molecular formula is C18H20N2O2S. The molecule has 23 heavy (non-hydrogen) atoms. The summed E-state index contributed by atoms with van der Waals surface area (Å²) >= 11 is 1.62. The number of benzene rings is 1. The van der Waals surface area contributed by atoms with Gasteiger partial charge in [0.25, 0.3) is 0 Å². The number of rotatable bonds is 5. The molecule has 2 aromatic rings. The van der Waals surface area contributed by atoms with Crippen molar-refractivity contribution in [1.29, 1.82) is 0 Å². The molecule has 1 aliphatic rings. The summed E-state index contributed by atoms with van der Waals surface area (Å²) in [6.45, 7) is 3.82. The number of anilines is 1. The second-order valence-corrected chi connectivity index (χ2v) is 6.27. The number of carbonyl (C=O) groups excluding carboxylic acids is 1. The van der Waals surface area contributed by atoms with Gasteiger partial charge in [0.05, 0.1) is 13.2 Å². The zero-order chi connectivity index (χ0) is 15.9. The standard InChI is InChI=1S/C18H20N2O2S/c21-18(8-7-16-5-3-13-23-16)19-14-15-4-1-2-6-17(15)20-9-11-22-12-10-20/h1-8,13H,9-12,14H2,(H,19,21)/b8-7-. The average Bonchev–Trinajstić information content (AvgIpc) is 3.13. The molecule has 0 atom stereocenters. The molecule has 0 saturated carbocycles. The summed E-state index contributed by atoms with van der Waals surface area (Å²) in [5, 5.41) is 4.96. The SMILES string of the molecule is O=C(/C=C\c1cccs1)NCc1ccccc1N1CCOCC1. The molecule has 1 N–H and O–H groups in total. The molecule has 1 saturated heterocycles. The Morgan fingerprint density at radius 3 is 2.83 bits per heavy atom. The maximum Gasteiger partial charge on any atom is 0.244 e. The fraction of sp³-hybridized carbons (Fsp3) is 0.278. The molecule has 120 valence electrons. The summed E-state index contributed by atoms with van der Waals surface area (Å²) in [6, 6.07) is 12.2. The molecule has 2 heterocycles. The van der Waals surface area contributed by atoms with Crippen LogP contribution in [0.1, 0.15) is 10.4 Å². The summed E-state index contributed by atoms with van der Waals surface area (Å²) in [4.78, 5) is 15.4. The van der Waals surface area contributed by atoms with Crippen LogP contribution in [0.3, 0.4) is 0 Å². The van der Waals surface area contributed by atoms with E-state index in [1.54, 1.807) is 17.4 Å². The van der Waals surface area contributed by atoms with Gasteiger partial charge in [0.1, 0.15) is 0 Å². The van der Waals surface area contributed by atoms with Crippen LogP contribution in [-0.2, 0) is 16.1 Å². The third-order valence-electron chi connectivity index (χ3n) is 3.74. The van der Waals surface area contributed by atoms with Crippen LogP contribution < -0.4 is 10.2 Å². The van der Waals surface area contributed by atoms with Gasteiger partial charge in [-0.05, 0) is 29.2 Å². The first-order valence-electron chi connectivity index (χ1n) is 7.73. The van der Waals surface area contributed by atoms with Crippen LogP contribution in [0.15, 0.2) is 47.9 Å². The van der Waals surface area contributed by atoms with E-state index in [4.69, 9.17) is 4.74 Å². The number of carbonyl (C=O) groups is 1. The Morgan fingerprint density at radius 1 is 1.22 bits per heavy atom. The third-order valence-corrected chi connectivity index (χ3v) is 4.58. The van der Waals surface area contributed by atoms with Crippen LogP contribution in [-0.4, -0.2) is 32.2 Å². The van der Waals surface area contributed by atoms with Crippen molar-refractivity contribution in [2.75, 3.05) is 31.2 Å². The maximum absolute atomic E-state index is 12.0. The molecule has 3 rings (SSSR count). The van der Waals surface area contributed by atoms with E-state index in [9.17, 15) is 4.79 Å². The van der Waals surface area contributed by atoms with Crippen molar-refractivity contribution in [3.05, 3.63) is 58.3 Å². The zero-order valence-corrected chi connectivity index (χ0v) is 13.7. The summed E-state index contributed by atoms with van der Waals surface area (Å²) < 4.78 is 5.41. The Hall–Kier alpha value is -2.11. The van der Waals surface area contributed by atoms with Crippen molar-refractivity contribution >= 4 is 29.0 Å². The van der Waals surface area contributed by atoms with Gasteiger partial charge in [-0.3, -0.25) is 4.79 Å². The second kappa shape index (κ2) is 7.94. The Morgan fingerprint density at radius 2 is 2.04 bits per heavy atom. The fourth-order valence-corrected chi connectivity index (χ4v) is 3.18. The lowest BCUT2D eigenvalue weighted by Crippen LogP contribution is -2.37. The van der Waals surface area contributed by atoms with E-state index in [0.717, 1.165) is 36.7 Å². The van der Waals surface area contributed by atoms with E-state index in [2.05, 4.69) is 22.3 Å². The second-order valence-electron chi connectivity index (χ2n) is 5.29. The third kappa shape index (κ3) is 4.43. The first kappa shape index (κ1) is 15.8. The molecule has 0 radical (unpaired) electrons. The van der Waals surface area contributed by atoms with Crippen molar-refractivity contribution in [2.24, 2.45) is 0 Å². The van der Waals surface area contributed by atoms with Gasteiger partial charge >= 0.3 is 0 Å². The highest BCUT2D eigenvalue weighted by atomic mass is 32.1. The molecular weight excluding hydrogens is 308 g/mol. The number of nitrogens with zero attached hydrogens (tertiary/aromatic N) is 1. The van der Waals surface area contributed by atoms with Crippen molar-refractivity contribution in [2.45, 2.75) is 6.54 Å². The summed E-state index contributed by atoms with van der Waals surface area (Å²) in [5.41, 5.74) is 2.31. The minimum atomic E-state index is -0.0739. The number of ether oxygens (including phenoxy) is 1. The molecule has 0 spiro atoms. The van der Waals surface area contributed by atoms with E-state index in [-0.39, 0.29) is 5.91 Å². The largest absolute Gasteiger partial charge is 0.378 e. The van der Waals surface area contributed by atoms with Gasteiger partial charge in [0.15, 0.2) is 0 Å². The smallest absolute Gasteiger partial charge is 0.244 e. The Balaban J connectivity index is 1.60. The molecule has 5 heteroatoms. The lowest BCUT2D eigenvalue weighted by Gasteiger charge is -2.30. The number of hydrogen-bond donors (Lipinski definition) is 1. The quantitative estimate of drug-likeness (QED) is 0.858. The predicted octanol–water partition coefficient (Wildman–Crippen LogP) is 2.91. The molecule has 1 aliphatic heterocycles. The van der Waals surface area contributed by atoms with Gasteiger partial charge in [0.2, 0.25) is 5.91 Å². The monoisotopic (exact) mass is 328 g/mol. The maximum atomic E-state index is 12.0. The molecule has 4 nitrogen and oxygen atoms in total. The van der Waals surface area contributed by atoms with Crippen molar-refractivity contribution in [3.8, 4) is 0 Å². The van der Waals surface area contributed by atoms with Crippen LogP contribution >= 0.6 is 11.3 Å². The average molecular weight is 328 g/mol. The summed E-state index contributed by atoms with van der Waals surface area (Å²) in [7, 11) is 0. The first-order valence-corrected chi connectivity index (χ1v) is 8.61. The fourth-order valence-electron chi connectivity index (χ4n) is 2.56. The number of nitrogens with one attached hydrogen (secondary N) is 1. The molecule has 1 amide bonds. The predicted molar refractivity (Wildman–Crippen MR) is 94.7 cm³/mol. The Kier molecular flexibility index (Phi) is 5.45. The van der Waals surface area contributed by atoms with Gasteiger partial charge in [-0.1, -0.05) is 24.3 Å². The number of amides is 1. The van der Waals surface area contributed by atoms with Gasteiger partial charge < -0.3 is 15.0 Å². The van der Waals surface area contributed by atoms with Crippen molar-refractivity contribution in [1.82, 2.24) is 5.32 Å². The van der Waals surface area contributed by atoms with E-state index < -0.39 is 0 Å². The lowest BCUT2D eigenvalue weighted by molar-refractivity contribution is -0.116. The molecule has 1 aromatic carbocycles. The first-order chi connectivity index (χ1) is 11.3. The van der Waals surface area contributed by atoms with Crippen LogP contribution in [0, 0.1) is 0 Å². The van der Waals surface area contributed by atoms with Gasteiger partial charge in [0, 0.05) is 36.3 Å². The van der Waals surface area contributed by atoms with Gasteiger partial charge in [-0.2, -0.15) is 0 Å². The summed E-state index contributed by atoms with van der Waals surface area (Å²) in [6.07, 6.45) is 3.43. The highest BCUT2D eigenvalue weighted by Gasteiger charge is 2.14. The normalized spacial score (nSPS) is 15.0. The van der Waals surface area contributed by atoms with Gasteiger partial charge in [-0.25, -0.2) is 0 Å². The minimum absolute atomic E-state index is 0.0739. The van der Waals surface area contributed by atoms with E-state index in [0.29, 0.717) is 6.54 Å². The summed E-state index contributed by atoms with van der Waals surface area (Å²) in [5.74, 6) is -0.0739. The minimum Gasteiger partial charge on any atom is -0.378 e. The Bertz CT molecular complexity index is 661. The van der Waals surface area contributed by atoms with Crippen LogP contribution in [0.5, 0.6) is 0 Å². The van der Waals surface area contributed by atoms with Crippen molar-refractivity contribution < 1.29 is 9.53 Å². The van der Waals surface area contributed by atoms with Crippen LogP contribution in [0.25, 0.3) is 6.08 Å². The number of hydrogen-bond acceptors (Lipinski definition) is 4. The zero-order valence-electron chi connectivity index (χ0n) is 12.9. The van der Waals surface area contributed by atoms with Crippen LogP contribution in [0.2, 0.25) is 0 Å². The number of para-hydroxylation sites is 1.